The summed E-state index contributed by atoms with van der Waals surface area (Å²) in [6, 6.07) is 4.59. The molecular weight excluding hydrogens is 384 g/mol. The zero-order chi connectivity index (χ0) is 21.0. The van der Waals surface area contributed by atoms with Gasteiger partial charge in [0.1, 0.15) is 22.6 Å². The molecule has 0 saturated heterocycles. The molecule has 1 aliphatic rings. The normalized spacial score (nSPS) is 12.5. The van der Waals surface area contributed by atoms with Gasteiger partial charge in [0, 0.05) is 16.5 Å². The maximum Gasteiger partial charge on any atom is 0.374 e. The summed E-state index contributed by atoms with van der Waals surface area (Å²) in [4.78, 5) is 50.1. The van der Waals surface area contributed by atoms with Crippen LogP contribution in [0.2, 0.25) is 0 Å². The first-order valence-electron chi connectivity index (χ1n) is 8.21. The van der Waals surface area contributed by atoms with Crippen molar-refractivity contribution in [3.05, 3.63) is 57.8 Å². The Morgan fingerprint density at radius 2 is 1.38 bits per heavy atom. The molecule has 0 bridgehead atoms. The zero-order valence-electron chi connectivity index (χ0n) is 15.1. The molecule has 1 heterocycles. The Labute approximate surface area is 162 Å². The van der Waals surface area contributed by atoms with Crippen molar-refractivity contribution in [2.24, 2.45) is 0 Å². The zero-order valence-corrected chi connectivity index (χ0v) is 15.1. The van der Waals surface area contributed by atoms with E-state index >= 15 is 0 Å². The van der Waals surface area contributed by atoms with Crippen molar-refractivity contribution < 1.29 is 43.3 Å². The average molecular weight is 396 g/mol. The third-order valence-electron chi connectivity index (χ3n) is 4.69. The molecule has 1 aromatic heterocycles. The lowest BCUT2D eigenvalue weighted by atomic mass is 9.82. The molecule has 0 unspecified atom stereocenters. The Morgan fingerprint density at radius 1 is 0.862 bits per heavy atom. The van der Waals surface area contributed by atoms with Crippen molar-refractivity contribution in [1.29, 1.82) is 0 Å². The lowest BCUT2D eigenvalue weighted by Gasteiger charge is -2.19. The van der Waals surface area contributed by atoms with Gasteiger partial charge in [-0.2, -0.15) is 0 Å². The number of carbonyl (C=O) groups excluding carboxylic acids is 4. The van der Waals surface area contributed by atoms with E-state index in [1.54, 1.807) is 0 Å². The van der Waals surface area contributed by atoms with E-state index in [0.717, 1.165) is 26.4 Å². The van der Waals surface area contributed by atoms with Gasteiger partial charge in [0.25, 0.3) is 0 Å². The number of aromatic hydroxyl groups is 2. The molecule has 1 aliphatic carbocycles. The minimum atomic E-state index is -0.948. The molecule has 0 fully saturated rings. The van der Waals surface area contributed by atoms with Crippen LogP contribution in [-0.2, 0) is 9.47 Å². The van der Waals surface area contributed by atoms with Crippen molar-refractivity contribution in [2.75, 3.05) is 14.2 Å². The van der Waals surface area contributed by atoms with Crippen LogP contribution >= 0.6 is 0 Å². The highest BCUT2D eigenvalue weighted by atomic mass is 16.5. The molecule has 0 saturated carbocycles. The average Bonchev–Trinajstić information content (AvgIpc) is 3.09. The van der Waals surface area contributed by atoms with Gasteiger partial charge in [-0.05, 0) is 24.3 Å². The fourth-order valence-electron chi connectivity index (χ4n) is 3.37. The van der Waals surface area contributed by atoms with E-state index in [-0.39, 0.29) is 38.8 Å². The van der Waals surface area contributed by atoms with Gasteiger partial charge in [0.15, 0.2) is 11.6 Å². The van der Waals surface area contributed by atoms with E-state index in [0.29, 0.717) is 0 Å². The fraction of sp³-hybridized carbons (Fsp3) is 0.100. The minimum absolute atomic E-state index is 0.0335. The highest BCUT2D eigenvalue weighted by molar-refractivity contribution is 6.31. The van der Waals surface area contributed by atoms with Gasteiger partial charge in [-0.3, -0.25) is 9.59 Å². The van der Waals surface area contributed by atoms with Gasteiger partial charge >= 0.3 is 11.9 Å². The summed E-state index contributed by atoms with van der Waals surface area (Å²) in [5.41, 5.74) is -1.22. The number of ether oxygens (including phenoxy) is 2. The largest absolute Gasteiger partial charge is 0.507 e. The topological polar surface area (TPSA) is 140 Å². The number of rotatable bonds is 2. The quantitative estimate of drug-likeness (QED) is 0.385. The Bertz CT molecular complexity index is 1260. The number of esters is 2. The molecule has 146 valence electrons. The van der Waals surface area contributed by atoms with Crippen LogP contribution < -0.4 is 0 Å². The first-order chi connectivity index (χ1) is 13.8. The summed E-state index contributed by atoms with van der Waals surface area (Å²) < 4.78 is 14.7. The van der Waals surface area contributed by atoms with Crippen LogP contribution in [-0.4, -0.2) is 47.9 Å². The number of fused-ring (bicyclic) bond motifs is 3. The van der Waals surface area contributed by atoms with Crippen LogP contribution in [0.5, 0.6) is 11.5 Å². The summed E-state index contributed by atoms with van der Waals surface area (Å²) in [5.74, 6) is -4.69. The van der Waals surface area contributed by atoms with E-state index < -0.39 is 40.8 Å². The van der Waals surface area contributed by atoms with E-state index in [2.05, 4.69) is 9.47 Å². The summed E-state index contributed by atoms with van der Waals surface area (Å²) in [5, 5.41) is 20.2. The molecule has 0 spiro atoms. The third kappa shape index (κ3) is 2.40. The predicted molar refractivity (Wildman–Crippen MR) is 95.5 cm³/mol. The van der Waals surface area contributed by atoms with Crippen LogP contribution in [0.15, 0.2) is 28.7 Å². The number of hydrogen-bond acceptors (Lipinski definition) is 9. The number of hydrogen-bond donors (Lipinski definition) is 2. The number of phenolic OH excluding ortho intramolecular Hbond substituents is 2. The summed E-state index contributed by atoms with van der Waals surface area (Å²) in [6.45, 7) is 0. The fourth-order valence-corrected chi connectivity index (χ4v) is 3.37. The highest BCUT2D eigenvalue weighted by Crippen LogP contribution is 2.40. The van der Waals surface area contributed by atoms with Gasteiger partial charge in [0.2, 0.25) is 5.76 Å². The SMILES string of the molecule is COC(=O)c1oc2cc3c(cc2c1C(=O)OC)C(=O)c1c(O)ccc(O)c1C3=O. The molecule has 3 aromatic rings. The highest BCUT2D eigenvalue weighted by Gasteiger charge is 2.37. The lowest BCUT2D eigenvalue weighted by molar-refractivity contribution is 0.0531. The Hall–Kier alpha value is -4.14. The number of phenols is 2. The van der Waals surface area contributed by atoms with Crippen LogP contribution in [0.4, 0.5) is 0 Å². The van der Waals surface area contributed by atoms with Crippen LogP contribution in [0.25, 0.3) is 11.0 Å². The first-order valence-corrected chi connectivity index (χ1v) is 8.21. The number of carbonyl (C=O) groups is 4. The van der Waals surface area contributed by atoms with Crippen molar-refractivity contribution >= 4 is 34.5 Å². The molecule has 0 amide bonds. The van der Waals surface area contributed by atoms with Crippen molar-refractivity contribution in [3.63, 3.8) is 0 Å². The maximum atomic E-state index is 13.0. The Morgan fingerprint density at radius 3 is 1.90 bits per heavy atom. The monoisotopic (exact) mass is 396 g/mol. The Kier molecular flexibility index (Phi) is 3.90. The molecule has 2 aromatic carbocycles. The van der Waals surface area contributed by atoms with Crippen LogP contribution in [0.3, 0.4) is 0 Å². The van der Waals surface area contributed by atoms with Gasteiger partial charge in [0.05, 0.1) is 25.3 Å². The van der Waals surface area contributed by atoms with E-state index in [9.17, 15) is 29.4 Å². The Balaban J connectivity index is 2.06. The molecule has 9 heteroatoms. The predicted octanol–water partition coefficient (Wildman–Crippen LogP) is 2.19. The molecular formula is C20H12O9. The first kappa shape index (κ1) is 18.2. The number of furan rings is 1. The minimum Gasteiger partial charge on any atom is -0.507 e. The van der Waals surface area contributed by atoms with Crippen molar-refractivity contribution in [2.45, 2.75) is 0 Å². The molecule has 29 heavy (non-hydrogen) atoms. The smallest absolute Gasteiger partial charge is 0.374 e. The molecule has 9 nitrogen and oxygen atoms in total. The summed E-state index contributed by atoms with van der Waals surface area (Å²) in [7, 11) is 2.20. The standard InChI is InChI=1S/C20H12O9/c1-27-19(25)13-9-5-7-8(6-12(9)29-18(13)20(26)28-2)17(24)15-11(22)4-3-10(21)14(15)16(7)23/h3-6,21-22H,1-2H3. The second kappa shape index (κ2) is 6.20. The maximum absolute atomic E-state index is 13.0. The van der Waals surface area contributed by atoms with Gasteiger partial charge in [-0.1, -0.05) is 0 Å². The molecule has 0 radical (unpaired) electrons. The molecule has 2 N–H and O–H groups in total. The number of benzene rings is 2. The van der Waals surface area contributed by atoms with Gasteiger partial charge in [-0.25, -0.2) is 9.59 Å². The van der Waals surface area contributed by atoms with E-state index in [4.69, 9.17) is 4.42 Å². The van der Waals surface area contributed by atoms with Crippen LogP contribution in [0, 0.1) is 0 Å². The van der Waals surface area contributed by atoms with Gasteiger partial charge in [-0.15, -0.1) is 0 Å². The summed E-state index contributed by atoms with van der Waals surface area (Å²) in [6.07, 6.45) is 0. The van der Waals surface area contributed by atoms with E-state index in [1.165, 1.54) is 12.1 Å². The van der Waals surface area contributed by atoms with Crippen molar-refractivity contribution in [3.8, 4) is 11.5 Å². The number of ketones is 2. The second-order valence-corrected chi connectivity index (χ2v) is 6.20. The van der Waals surface area contributed by atoms with Gasteiger partial charge < -0.3 is 24.1 Å². The summed E-state index contributed by atoms with van der Waals surface area (Å²) >= 11 is 0. The van der Waals surface area contributed by atoms with Crippen molar-refractivity contribution in [1.82, 2.24) is 0 Å². The van der Waals surface area contributed by atoms with E-state index in [1.807, 2.05) is 0 Å². The lowest BCUT2D eigenvalue weighted by Crippen LogP contribution is -2.21. The molecule has 4 rings (SSSR count). The third-order valence-corrected chi connectivity index (χ3v) is 4.69. The molecule has 0 aliphatic heterocycles. The molecule has 0 atom stereocenters. The number of methoxy groups -OCH3 is 2. The van der Waals surface area contributed by atoms with Crippen LogP contribution in [0.1, 0.15) is 52.8 Å². The second-order valence-electron chi connectivity index (χ2n) is 6.20.